The molecular weight excluding hydrogens is 679 g/mol. The quantitative estimate of drug-likeness (QED) is 0.218. The first-order chi connectivity index (χ1) is 24.1. The van der Waals surface area contributed by atoms with Crippen LogP contribution in [0.15, 0.2) is 121 Å². The first-order valence-electron chi connectivity index (χ1n) is 18.7. The van der Waals surface area contributed by atoms with Gasteiger partial charge in [0.2, 0.25) is 0 Å². The second-order valence-corrected chi connectivity index (χ2v) is 13.7. The molecule has 3 atom stereocenters. The van der Waals surface area contributed by atoms with Crippen LogP contribution in [0.4, 0.5) is 0 Å². The van der Waals surface area contributed by atoms with Gasteiger partial charge >= 0.3 is 57.0 Å². The van der Waals surface area contributed by atoms with Gasteiger partial charge in [0.25, 0.3) is 0 Å². The summed E-state index contributed by atoms with van der Waals surface area (Å²) < 4.78 is 0. The van der Waals surface area contributed by atoms with Crippen LogP contribution in [0.1, 0.15) is 49.9 Å². The fourth-order valence-electron chi connectivity index (χ4n) is 7.30. The molecule has 6 heteroatoms. The van der Waals surface area contributed by atoms with E-state index in [9.17, 15) is 0 Å². The number of hydrogen-bond acceptors (Lipinski definition) is 4. The molecule has 0 aromatic heterocycles. The number of halogens is 1. The molecule has 0 radical (unpaired) electrons. The van der Waals surface area contributed by atoms with Crippen molar-refractivity contribution < 1.29 is 28.1 Å². The average Bonchev–Trinajstić information content (AvgIpc) is 3.16. The van der Waals surface area contributed by atoms with E-state index in [4.69, 9.17) is 0 Å². The van der Waals surface area contributed by atoms with Gasteiger partial charge in [0, 0.05) is 50.8 Å². The molecule has 0 spiro atoms. The zero-order valence-corrected chi connectivity index (χ0v) is 32.8. The van der Waals surface area contributed by atoms with Crippen molar-refractivity contribution in [1.82, 2.24) is 19.6 Å². The average molecular weight is 740 g/mol. The number of nitrogens with zero attached hydrogens (tertiary/aromatic N) is 4. The third-order valence-electron chi connectivity index (χ3n) is 10.2. The van der Waals surface area contributed by atoms with E-state index in [2.05, 4.69) is 166 Å². The van der Waals surface area contributed by atoms with Gasteiger partial charge in [0.1, 0.15) is 0 Å². The zero-order chi connectivity index (χ0) is 34.7. The van der Waals surface area contributed by atoms with E-state index in [1.165, 1.54) is 22.3 Å². The van der Waals surface area contributed by atoms with E-state index >= 15 is 0 Å². The van der Waals surface area contributed by atoms with Crippen molar-refractivity contribution in [2.75, 3.05) is 58.9 Å². The minimum atomic E-state index is 0. The molecule has 1 aliphatic heterocycles. The molecule has 1 heterocycles. The van der Waals surface area contributed by atoms with Crippen LogP contribution >= 0.6 is 0 Å². The van der Waals surface area contributed by atoms with Gasteiger partial charge in [0.05, 0.1) is 0 Å². The molecule has 3 unspecified atom stereocenters. The topological polar surface area (TPSA) is 13.0 Å². The van der Waals surface area contributed by atoms with Gasteiger partial charge < -0.3 is 17.3 Å². The summed E-state index contributed by atoms with van der Waals surface area (Å²) in [6.07, 6.45) is 3.29. The summed E-state index contributed by atoms with van der Waals surface area (Å²) in [5.41, 5.74) is 5.61. The Morgan fingerprint density at radius 2 is 0.780 bits per heavy atom. The van der Waals surface area contributed by atoms with Crippen molar-refractivity contribution in [1.29, 1.82) is 0 Å². The third-order valence-corrected chi connectivity index (χ3v) is 10.6. The third kappa shape index (κ3) is 13.9. The Kier molecular flexibility index (Phi) is 20.0. The second-order valence-electron chi connectivity index (χ2n) is 13.3. The van der Waals surface area contributed by atoms with E-state index in [1.54, 1.807) is 0 Å². The molecule has 5 rings (SSSR count). The number of hydrogen-bond donors (Lipinski definition) is 0. The van der Waals surface area contributed by atoms with Crippen molar-refractivity contribution in [3.05, 3.63) is 144 Å². The zero-order valence-electron chi connectivity index (χ0n) is 31.0. The van der Waals surface area contributed by atoms with Gasteiger partial charge in [-0.1, -0.05) is 119 Å². The summed E-state index contributed by atoms with van der Waals surface area (Å²) in [5, 5.41) is 0.827. The molecule has 0 aliphatic carbocycles. The number of benzene rings is 4. The van der Waals surface area contributed by atoms with Gasteiger partial charge in [-0.3, -0.25) is 14.7 Å². The first kappa shape index (κ1) is 41.9. The molecule has 0 amide bonds. The van der Waals surface area contributed by atoms with E-state index in [0.717, 1.165) is 83.5 Å². The van der Waals surface area contributed by atoms with Crippen LogP contribution in [0.5, 0.6) is 0 Å². The van der Waals surface area contributed by atoms with Crippen LogP contribution in [0.2, 0.25) is 0 Å². The minimum absolute atomic E-state index is 0. The van der Waals surface area contributed by atoms with Crippen molar-refractivity contribution in [2.24, 2.45) is 0 Å². The van der Waals surface area contributed by atoms with Crippen molar-refractivity contribution in [3.63, 3.8) is 0 Å². The van der Waals surface area contributed by atoms with Crippen LogP contribution in [0, 0.1) is 0 Å². The Morgan fingerprint density at radius 1 is 0.440 bits per heavy atom. The SMILES string of the molecule is CCN1CCN(CC)C(Cc2ccccc2)CN(CC)C(Cc2ccccc2)CN(CC)C(Cc2ccccc2)C1.[Cl-].[Co+][CH2]c1ccccc1. The number of likely N-dealkylation sites (N-methyl/N-ethyl adjacent to an activating group) is 4. The summed E-state index contributed by atoms with van der Waals surface area (Å²) in [5.74, 6) is 0. The van der Waals surface area contributed by atoms with Gasteiger partial charge in [-0.05, 0) is 62.1 Å². The van der Waals surface area contributed by atoms with Crippen LogP contribution in [-0.4, -0.2) is 96.6 Å². The summed E-state index contributed by atoms with van der Waals surface area (Å²) in [4.78, 5) is 11.1. The van der Waals surface area contributed by atoms with Crippen LogP contribution in [0.25, 0.3) is 0 Å². The Hall–Kier alpha value is -2.48. The fraction of sp³-hybridized carbons (Fsp3) is 0.455. The van der Waals surface area contributed by atoms with Crippen molar-refractivity contribution in [3.8, 4) is 0 Å². The van der Waals surface area contributed by atoms with Crippen molar-refractivity contribution in [2.45, 2.75) is 70.4 Å². The molecule has 4 aromatic rings. The predicted molar refractivity (Wildman–Crippen MR) is 206 cm³/mol. The summed E-state index contributed by atoms with van der Waals surface area (Å²) >= 11 is 4.15. The van der Waals surface area contributed by atoms with E-state index < -0.39 is 0 Å². The first-order valence-corrected chi connectivity index (χ1v) is 19.4. The van der Waals surface area contributed by atoms with Gasteiger partial charge in [-0.2, -0.15) is 0 Å². The van der Waals surface area contributed by atoms with E-state index in [0.29, 0.717) is 18.1 Å². The fourth-order valence-corrected chi connectivity index (χ4v) is 7.55. The maximum atomic E-state index is 4.15. The van der Waals surface area contributed by atoms with Gasteiger partial charge in [0.15, 0.2) is 0 Å². The predicted octanol–water partition coefficient (Wildman–Crippen LogP) is 4.86. The molecule has 273 valence electrons. The molecule has 1 aliphatic rings. The molecule has 4 aromatic carbocycles. The Labute approximate surface area is 319 Å². The monoisotopic (exact) mass is 739 g/mol. The van der Waals surface area contributed by atoms with Crippen LogP contribution in [0.3, 0.4) is 0 Å². The van der Waals surface area contributed by atoms with Gasteiger partial charge in [-0.25, -0.2) is 0 Å². The van der Waals surface area contributed by atoms with Crippen molar-refractivity contribution >= 4 is 0 Å². The molecule has 0 bridgehead atoms. The molecule has 0 saturated carbocycles. The molecule has 1 fully saturated rings. The molecule has 0 N–H and O–H groups in total. The maximum absolute atomic E-state index is 4.15. The molecule has 50 heavy (non-hydrogen) atoms. The Balaban J connectivity index is 0.000000660. The molecular formula is C44H61ClCoN4. The standard InChI is InChI=1S/C37H54N4.C7H7.ClH.Co/c1-5-38-24-25-39(6-2)36(27-33-20-14-10-15-21-33)30-41(8-4)37(28-34-22-16-11-17-23-34)31-40(7-3)35(29-38)26-32-18-12-9-13-19-32;1-7-5-3-2-4-6-7;;/h9-23,35-37H,5-8,24-31H2,1-4H3;2-6H,1H2;1H;/q;;;+1/p-1. The summed E-state index contributed by atoms with van der Waals surface area (Å²) in [6.45, 7) is 19.3. The summed E-state index contributed by atoms with van der Waals surface area (Å²) in [7, 11) is 0. The van der Waals surface area contributed by atoms with E-state index in [-0.39, 0.29) is 12.4 Å². The Morgan fingerprint density at radius 3 is 1.10 bits per heavy atom. The summed E-state index contributed by atoms with van der Waals surface area (Å²) in [6, 6.07) is 45.1. The normalized spacial score (nSPS) is 20.1. The van der Waals surface area contributed by atoms with Crippen LogP contribution in [-0.2, 0) is 40.4 Å². The molecule has 4 nitrogen and oxygen atoms in total. The van der Waals surface area contributed by atoms with Gasteiger partial charge in [-0.15, -0.1) is 0 Å². The Bertz CT molecular complexity index is 1360. The van der Waals surface area contributed by atoms with E-state index in [1.807, 2.05) is 18.2 Å². The number of rotatable bonds is 11. The molecule has 1 saturated heterocycles. The second kappa shape index (κ2) is 23.9. The van der Waals surface area contributed by atoms with Crippen LogP contribution < -0.4 is 12.4 Å².